The molecule has 1 N–H and O–H groups in total. The van der Waals surface area contributed by atoms with E-state index in [9.17, 15) is 9.59 Å². The third-order valence-corrected chi connectivity index (χ3v) is 8.15. The summed E-state index contributed by atoms with van der Waals surface area (Å²) >= 11 is 0. The van der Waals surface area contributed by atoms with Crippen molar-refractivity contribution >= 4 is 11.8 Å². The van der Waals surface area contributed by atoms with Gasteiger partial charge in [-0.15, -0.1) is 6.58 Å². The van der Waals surface area contributed by atoms with Gasteiger partial charge < -0.3 is 15.0 Å². The fraction of sp³-hybridized carbons (Fsp3) is 0.367. The molecule has 7 nitrogen and oxygen atoms in total. The van der Waals surface area contributed by atoms with Crippen LogP contribution in [0.4, 0.5) is 0 Å². The van der Waals surface area contributed by atoms with E-state index in [0.717, 1.165) is 36.9 Å². The Bertz CT molecular complexity index is 1310. The second-order valence-electron chi connectivity index (χ2n) is 10.3. The van der Waals surface area contributed by atoms with Gasteiger partial charge in [0.05, 0.1) is 30.0 Å². The number of hydrogen-bond acceptors (Lipinski definition) is 4. The number of nitrogens with zero attached hydrogens (tertiary/aromatic N) is 3. The van der Waals surface area contributed by atoms with E-state index in [2.05, 4.69) is 35.2 Å². The molecule has 6 rings (SSSR count). The number of benzene rings is 2. The van der Waals surface area contributed by atoms with Crippen LogP contribution in [0.1, 0.15) is 53.2 Å². The normalized spacial score (nSPS) is 22.0. The van der Waals surface area contributed by atoms with Gasteiger partial charge >= 0.3 is 0 Å². The van der Waals surface area contributed by atoms with Crippen LogP contribution in [-0.2, 0) is 14.9 Å². The highest BCUT2D eigenvalue weighted by Gasteiger charge is 2.55. The van der Waals surface area contributed by atoms with Crippen LogP contribution >= 0.6 is 0 Å². The van der Waals surface area contributed by atoms with E-state index in [1.807, 2.05) is 47.5 Å². The summed E-state index contributed by atoms with van der Waals surface area (Å²) < 4.78 is 8.18. The highest BCUT2D eigenvalue weighted by atomic mass is 16.5. The molecule has 1 aromatic heterocycles. The maximum atomic E-state index is 13.7. The number of nitrogens with one attached hydrogen (secondary N) is 1. The molecule has 3 aliphatic rings. The summed E-state index contributed by atoms with van der Waals surface area (Å²) in [6, 6.07) is 17.6. The highest BCUT2D eigenvalue weighted by molar-refractivity contribution is 5.97. The predicted octanol–water partition coefficient (Wildman–Crippen LogP) is 4.20. The molecule has 2 atom stereocenters. The van der Waals surface area contributed by atoms with Gasteiger partial charge in [-0.05, 0) is 55.0 Å². The minimum absolute atomic E-state index is 0.00868. The van der Waals surface area contributed by atoms with Crippen LogP contribution in [0.25, 0.3) is 5.69 Å². The van der Waals surface area contributed by atoms with E-state index >= 15 is 0 Å². The van der Waals surface area contributed by atoms with Crippen molar-refractivity contribution in [1.29, 1.82) is 0 Å². The van der Waals surface area contributed by atoms with E-state index in [1.165, 1.54) is 5.56 Å². The van der Waals surface area contributed by atoms with Crippen molar-refractivity contribution in [2.24, 2.45) is 5.92 Å². The van der Waals surface area contributed by atoms with Crippen LogP contribution in [0, 0.1) is 5.92 Å². The topological polar surface area (TPSA) is 76.5 Å². The van der Waals surface area contributed by atoms with Crippen molar-refractivity contribution in [2.75, 3.05) is 19.7 Å². The fourth-order valence-corrected chi connectivity index (χ4v) is 6.15. The quantitative estimate of drug-likeness (QED) is 0.498. The Hall–Kier alpha value is -3.71. The lowest BCUT2D eigenvalue weighted by molar-refractivity contribution is -0.125. The van der Waals surface area contributed by atoms with Gasteiger partial charge in [0.1, 0.15) is 0 Å². The summed E-state index contributed by atoms with van der Waals surface area (Å²) in [6.07, 6.45) is 8.56. The molecule has 1 saturated carbocycles. The number of fused-ring (bicyclic) bond motifs is 2. The molecule has 0 unspecified atom stereocenters. The molecule has 37 heavy (non-hydrogen) atoms. The van der Waals surface area contributed by atoms with E-state index < -0.39 is 0 Å². The van der Waals surface area contributed by atoms with Gasteiger partial charge in [-0.3, -0.25) is 9.59 Å². The first-order valence-corrected chi connectivity index (χ1v) is 13.1. The minimum Gasteiger partial charge on any atom is -0.371 e. The first-order valence-electron chi connectivity index (χ1n) is 13.1. The molecule has 1 spiro atoms. The predicted molar refractivity (Wildman–Crippen MR) is 140 cm³/mol. The molecular formula is C30H32N4O3. The number of ether oxygens (including phenoxy) is 1. The van der Waals surface area contributed by atoms with Crippen LogP contribution in [0.15, 0.2) is 79.6 Å². The molecule has 2 fully saturated rings. The fourth-order valence-electron chi connectivity index (χ4n) is 6.15. The van der Waals surface area contributed by atoms with Gasteiger partial charge in [0.2, 0.25) is 5.91 Å². The second kappa shape index (κ2) is 9.63. The number of carbonyl (C=O) groups excluding carboxylic acids is 2. The lowest BCUT2D eigenvalue weighted by Gasteiger charge is -2.44. The first-order chi connectivity index (χ1) is 18.1. The van der Waals surface area contributed by atoms with Gasteiger partial charge in [-0.2, -0.15) is 5.10 Å². The summed E-state index contributed by atoms with van der Waals surface area (Å²) in [4.78, 5) is 28.5. The zero-order valence-corrected chi connectivity index (χ0v) is 20.9. The Morgan fingerprint density at radius 3 is 2.57 bits per heavy atom. The van der Waals surface area contributed by atoms with Crippen molar-refractivity contribution in [3.05, 3.63) is 96.3 Å². The zero-order valence-electron chi connectivity index (χ0n) is 20.9. The maximum Gasteiger partial charge on any atom is 0.256 e. The minimum atomic E-state index is -0.278. The highest BCUT2D eigenvalue weighted by Crippen LogP contribution is 2.52. The number of amides is 2. The Morgan fingerprint density at radius 2 is 1.84 bits per heavy atom. The van der Waals surface area contributed by atoms with Crippen LogP contribution < -0.4 is 5.32 Å². The number of piperidine rings is 1. The second-order valence-corrected chi connectivity index (χ2v) is 10.3. The van der Waals surface area contributed by atoms with Crippen molar-refractivity contribution < 1.29 is 14.3 Å². The van der Waals surface area contributed by atoms with Gasteiger partial charge in [0, 0.05) is 36.8 Å². The maximum absolute atomic E-state index is 13.7. The number of hydrogen-bond donors (Lipinski definition) is 1. The molecule has 2 aromatic carbocycles. The number of aromatic nitrogens is 2. The number of likely N-dealkylation sites (tertiary alicyclic amines) is 1. The van der Waals surface area contributed by atoms with Crippen LogP contribution in [0.3, 0.4) is 0 Å². The lowest BCUT2D eigenvalue weighted by Crippen LogP contribution is -2.52. The van der Waals surface area contributed by atoms with Gasteiger partial charge in [0.25, 0.3) is 5.91 Å². The third-order valence-electron chi connectivity index (χ3n) is 8.15. The monoisotopic (exact) mass is 496 g/mol. The summed E-state index contributed by atoms with van der Waals surface area (Å²) in [5, 5.41) is 7.65. The summed E-state index contributed by atoms with van der Waals surface area (Å²) in [6.45, 7) is 5.49. The molecule has 2 amide bonds. The average Bonchev–Trinajstić information content (AvgIpc) is 3.60. The Labute approximate surface area is 217 Å². The number of carbonyl (C=O) groups is 2. The van der Waals surface area contributed by atoms with E-state index in [-0.39, 0.29) is 35.3 Å². The molecule has 0 bridgehead atoms. The summed E-state index contributed by atoms with van der Waals surface area (Å²) in [5.74, 6) is 0.249. The Kier molecular flexibility index (Phi) is 6.16. The molecule has 1 saturated heterocycles. The number of rotatable bonds is 7. The van der Waals surface area contributed by atoms with Crippen molar-refractivity contribution in [3.8, 4) is 5.69 Å². The van der Waals surface area contributed by atoms with Crippen LogP contribution in [0.5, 0.6) is 0 Å². The first kappa shape index (κ1) is 23.7. The Balaban J connectivity index is 1.28. The molecular weight excluding hydrogens is 464 g/mol. The SMILES string of the molecule is C=CCO[C@@H]1[C@@H](NC(=O)C2CC2)c2ccccc2C12CCN(C(=O)c1ccccc1-n1cccn1)CC2. The van der Waals surface area contributed by atoms with Crippen molar-refractivity contribution in [3.63, 3.8) is 0 Å². The van der Waals surface area contributed by atoms with Crippen molar-refractivity contribution in [2.45, 2.75) is 43.2 Å². The van der Waals surface area contributed by atoms with E-state index in [0.29, 0.717) is 25.3 Å². The molecule has 0 radical (unpaired) electrons. The standard InChI is InChI=1S/C30H32N4O3/c1-2-20-37-27-26(32-28(35)21-12-13-21)22-8-3-5-10-24(22)30(27)14-18-33(19-15-30)29(36)23-9-4-6-11-25(23)34-17-7-16-31-34/h2-11,16-17,21,26-27H,1,12-15,18-20H2,(H,32,35)/t26-,27+/m0/s1. The lowest BCUT2D eigenvalue weighted by atomic mass is 9.71. The molecule has 7 heteroatoms. The molecule has 2 heterocycles. The molecule has 1 aliphatic heterocycles. The van der Waals surface area contributed by atoms with E-state index in [4.69, 9.17) is 4.74 Å². The summed E-state index contributed by atoms with van der Waals surface area (Å²) in [7, 11) is 0. The average molecular weight is 497 g/mol. The van der Waals surface area contributed by atoms with Crippen LogP contribution in [0.2, 0.25) is 0 Å². The van der Waals surface area contributed by atoms with Crippen LogP contribution in [-0.4, -0.2) is 52.3 Å². The molecule has 190 valence electrons. The largest absolute Gasteiger partial charge is 0.371 e. The van der Waals surface area contributed by atoms with Gasteiger partial charge in [-0.25, -0.2) is 4.68 Å². The van der Waals surface area contributed by atoms with Gasteiger partial charge in [0.15, 0.2) is 0 Å². The smallest absolute Gasteiger partial charge is 0.256 e. The van der Waals surface area contributed by atoms with Gasteiger partial charge in [-0.1, -0.05) is 42.5 Å². The third kappa shape index (κ3) is 4.17. The Morgan fingerprint density at radius 1 is 1.08 bits per heavy atom. The molecule has 2 aliphatic carbocycles. The van der Waals surface area contributed by atoms with Crippen molar-refractivity contribution in [1.82, 2.24) is 20.0 Å². The zero-order chi connectivity index (χ0) is 25.4. The van der Waals surface area contributed by atoms with E-state index in [1.54, 1.807) is 17.0 Å². The summed E-state index contributed by atoms with van der Waals surface area (Å²) in [5.41, 5.74) is 3.50. The number of para-hydroxylation sites is 1. The molecule has 3 aromatic rings.